The quantitative estimate of drug-likeness (QED) is 0.457. The lowest BCUT2D eigenvalue weighted by Crippen LogP contribution is -2.51. The number of hydrogen-bond acceptors (Lipinski definition) is 7. The smallest absolute Gasteiger partial charge is 0.309 e. The van der Waals surface area contributed by atoms with E-state index in [1.165, 1.54) is 17.2 Å². The highest BCUT2D eigenvalue weighted by Gasteiger charge is 2.40. The van der Waals surface area contributed by atoms with Gasteiger partial charge in [0, 0.05) is 30.3 Å². The molecule has 148 valence electrons. The molecule has 1 aliphatic carbocycles. The van der Waals surface area contributed by atoms with Crippen LogP contribution in [0.3, 0.4) is 0 Å². The Kier molecular flexibility index (Phi) is 4.02. The summed E-state index contributed by atoms with van der Waals surface area (Å²) in [5, 5.41) is 22.9. The van der Waals surface area contributed by atoms with Gasteiger partial charge in [-0.15, -0.1) is 0 Å². The van der Waals surface area contributed by atoms with E-state index in [0.717, 1.165) is 18.4 Å². The van der Waals surface area contributed by atoms with Crippen LogP contribution in [-0.4, -0.2) is 44.3 Å². The molecule has 1 saturated heterocycles. The van der Waals surface area contributed by atoms with Gasteiger partial charge in [0.2, 0.25) is 5.82 Å². The lowest BCUT2D eigenvalue weighted by Gasteiger charge is -2.41. The van der Waals surface area contributed by atoms with Gasteiger partial charge in [0.1, 0.15) is 5.75 Å². The molecule has 0 radical (unpaired) electrons. The summed E-state index contributed by atoms with van der Waals surface area (Å²) in [6.45, 7) is 1.19. The van der Waals surface area contributed by atoms with E-state index >= 15 is 0 Å². The van der Waals surface area contributed by atoms with Crippen molar-refractivity contribution in [1.82, 2.24) is 15.0 Å². The molecule has 4 N–H and O–H groups in total. The van der Waals surface area contributed by atoms with Crippen LogP contribution in [0.1, 0.15) is 23.6 Å². The second-order valence-electron chi connectivity index (χ2n) is 7.61. The van der Waals surface area contributed by atoms with Gasteiger partial charge in [-0.05, 0) is 42.2 Å². The molecular weight excluding hydrogens is 372 g/mol. The number of anilines is 1. The van der Waals surface area contributed by atoms with Gasteiger partial charge in [-0.2, -0.15) is 4.98 Å². The molecule has 0 bridgehead atoms. The van der Waals surface area contributed by atoms with Crippen molar-refractivity contribution in [1.29, 1.82) is 0 Å². The van der Waals surface area contributed by atoms with Gasteiger partial charge in [-0.1, -0.05) is 23.4 Å². The number of carboxylic acid groups (broad SMARTS) is 1. The Morgan fingerprint density at radius 3 is 2.83 bits per heavy atom. The van der Waals surface area contributed by atoms with Crippen LogP contribution in [0.2, 0.25) is 0 Å². The second kappa shape index (κ2) is 6.59. The number of nitrogens with two attached hydrogens (primary N) is 1. The normalized spacial score (nSPS) is 19.1. The molecule has 1 aromatic heterocycles. The molecule has 0 saturated carbocycles. The summed E-state index contributed by atoms with van der Waals surface area (Å²) in [6, 6.07) is 11.1. The summed E-state index contributed by atoms with van der Waals surface area (Å²) in [4.78, 5) is 17.9. The van der Waals surface area contributed by atoms with Crippen LogP contribution in [0.25, 0.3) is 22.8 Å². The first-order valence-corrected chi connectivity index (χ1v) is 9.53. The van der Waals surface area contributed by atoms with Crippen molar-refractivity contribution in [3.8, 4) is 28.6 Å². The summed E-state index contributed by atoms with van der Waals surface area (Å²) in [5.41, 5.74) is 9.99. The molecule has 2 aromatic carbocycles. The van der Waals surface area contributed by atoms with E-state index in [4.69, 9.17) is 15.4 Å². The molecule has 29 heavy (non-hydrogen) atoms. The van der Waals surface area contributed by atoms with Crippen molar-refractivity contribution in [2.24, 2.45) is 5.92 Å². The number of carboxylic acids is 1. The Morgan fingerprint density at radius 1 is 1.24 bits per heavy atom. The molecular formula is C21H20N4O4. The average molecular weight is 392 g/mol. The first-order valence-electron chi connectivity index (χ1n) is 9.53. The maximum absolute atomic E-state index is 11.1. The zero-order valence-corrected chi connectivity index (χ0v) is 15.6. The van der Waals surface area contributed by atoms with Gasteiger partial charge in [0.15, 0.2) is 0 Å². The molecule has 3 aromatic rings. The van der Waals surface area contributed by atoms with Crippen molar-refractivity contribution in [2.45, 2.75) is 18.9 Å². The largest absolute Gasteiger partial charge is 0.506 e. The lowest BCUT2D eigenvalue weighted by molar-refractivity contribution is -0.148. The Labute approximate surface area is 166 Å². The number of aliphatic carboxylic acids is 1. The molecule has 0 amide bonds. The van der Waals surface area contributed by atoms with Crippen LogP contribution in [0.5, 0.6) is 5.75 Å². The van der Waals surface area contributed by atoms with Crippen LogP contribution in [-0.2, 0) is 11.2 Å². The molecule has 1 aliphatic heterocycles. The van der Waals surface area contributed by atoms with Gasteiger partial charge in [-0.3, -0.25) is 9.69 Å². The molecule has 1 fully saturated rings. The minimum atomic E-state index is -0.720. The van der Waals surface area contributed by atoms with Gasteiger partial charge in [0.25, 0.3) is 5.89 Å². The monoisotopic (exact) mass is 392 g/mol. The van der Waals surface area contributed by atoms with E-state index in [2.05, 4.69) is 21.1 Å². The van der Waals surface area contributed by atoms with E-state index in [0.29, 0.717) is 30.4 Å². The third kappa shape index (κ3) is 2.92. The molecule has 2 aliphatic rings. The van der Waals surface area contributed by atoms with Gasteiger partial charge in [-0.25, -0.2) is 0 Å². The number of aromatic nitrogens is 2. The van der Waals surface area contributed by atoms with E-state index in [-0.39, 0.29) is 23.4 Å². The zero-order valence-electron chi connectivity index (χ0n) is 15.6. The standard InChI is InChI=1S/C21H20N4O4/c22-16-8-11(4-7-18(16)26)20-23-19(24-29-20)15-3-1-2-14-13(15)5-6-17(14)25-9-12(10-25)21(27)28/h1-4,7-8,12,17,26H,5-6,9-10,22H2,(H,27,28). The van der Waals surface area contributed by atoms with Crippen LogP contribution in [0, 0.1) is 5.92 Å². The van der Waals surface area contributed by atoms with Gasteiger partial charge >= 0.3 is 5.97 Å². The maximum Gasteiger partial charge on any atom is 0.309 e. The van der Waals surface area contributed by atoms with Crippen LogP contribution in [0.15, 0.2) is 40.9 Å². The van der Waals surface area contributed by atoms with Crippen molar-refractivity contribution in [3.63, 3.8) is 0 Å². The molecule has 1 atom stereocenters. The third-order valence-electron chi connectivity index (χ3n) is 5.88. The zero-order chi connectivity index (χ0) is 20.1. The molecule has 0 spiro atoms. The Balaban J connectivity index is 1.43. The minimum Gasteiger partial charge on any atom is -0.506 e. The third-order valence-corrected chi connectivity index (χ3v) is 5.88. The second-order valence-corrected chi connectivity index (χ2v) is 7.61. The first-order chi connectivity index (χ1) is 14.0. The highest BCUT2D eigenvalue weighted by Crippen LogP contribution is 2.42. The first kappa shape index (κ1) is 17.7. The fourth-order valence-electron chi connectivity index (χ4n) is 4.28. The number of carbonyl (C=O) groups is 1. The van der Waals surface area contributed by atoms with Crippen LogP contribution >= 0.6 is 0 Å². The predicted octanol–water partition coefficient (Wildman–Crippen LogP) is 2.70. The van der Waals surface area contributed by atoms with E-state index in [9.17, 15) is 9.90 Å². The van der Waals surface area contributed by atoms with Gasteiger partial charge in [0.05, 0.1) is 11.6 Å². The number of fused-ring (bicyclic) bond motifs is 1. The fraction of sp³-hybridized carbons (Fsp3) is 0.286. The Hall–Kier alpha value is -3.39. The summed E-state index contributed by atoms with van der Waals surface area (Å²) in [6.07, 6.45) is 1.85. The highest BCUT2D eigenvalue weighted by atomic mass is 16.5. The number of nitrogens with zero attached hydrogens (tertiary/aromatic N) is 3. The Bertz CT molecular complexity index is 1100. The lowest BCUT2D eigenvalue weighted by atomic mass is 9.94. The van der Waals surface area contributed by atoms with Crippen molar-refractivity contribution in [3.05, 3.63) is 47.5 Å². The number of nitrogen functional groups attached to an aromatic ring is 1. The minimum absolute atomic E-state index is 0.0107. The fourth-order valence-corrected chi connectivity index (χ4v) is 4.28. The van der Waals surface area contributed by atoms with E-state index in [1.54, 1.807) is 12.1 Å². The topological polar surface area (TPSA) is 126 Å². The summed E-state index contributed by atoms with van der Waals surface area (Å²) in [5.74, 6) is -0.124. The number of aromatic hydroxyl groups is 1. The van der Waals surface area contributed by atoms with E-state index in [1.807, 2.05) is 12.1 Å². The summed E-state index contributed by atoms with van der Waals surface area (Å²) < 4.78 is 5.43. The number of phenolic OH excluding ortho intramolecular Hbond substituents is 1. The van der Waals surface area contributed by atoms with Gasteiger partial charge < -0.3 is 20.5 Å². The highest BCUT2D eigenvalue weighted by molar-refractivity contribution is 5.72. The van der Waals surface area contributed by atoms with Crippen LogP contribution in [0.4, 0.5) is 5.69 Å². The SMILES string of the molecule is Nc1cc(-c2nc(-c3cccc4c3CCC4N3CC(C(=O)O)C3)no2)ccc1O. The number of phenols is 1. The van der Waals surface area contributed by atoms with E-state index < -0.39 is 5.97 Å². The predicted molar refractivity (Wildman–Crippen MR) is 105 cm³/mol. The number of rotatable bonds is 4. The number of likely N-dealkylation sites (tertiary alicyclic amines) is 1. The van der Waals surface area contributed by atoms with Crippen LogP contribution < -0.4 is 5.73 Å². The molecule has 5 rings (SSSR count). The molecule has 1 unspecified atom stereocenters. The average Bonchev–Trinajstić information content (AvgIpc) is 3.30. The van der Waals surface area contributed by atoms with Crippen molar-refractivity contribution >= 4 is 11.7 Å². The molecule has 8 heteroatoms. The maximum atomic E-state index is 11.1. The van der Waals surface area contributed by atoms with Crippen molar-refractivity contribution < 1.29 is 19.5 Å². The summed E-state index contributed by atoms with van der Waals surface area (Å²) in [7, 11) is 0. The molecule has 2 heterocycles. The Morgan fingerprint density at radius 2 is 2.07 bits per heavy atom. The van der Waals surface area contributed by atoms with Crippen molar-refractivity contribution in [2.75, 3.05) is 18.8 Å². The summed E-state index contributed by atoms with van der Waals surface area (Å²) >= 11 is 0. The number of hydrogen-bond donors (Lipinski definition) is 3. The number of benzene rings is 2. The molecule has 8 nitrogen and oxygen atoms in total.